The molecule has 1 aliphatic rings. The van der Waals surface area contributed by atoms with Crippen LogP contribution in [0.25, 0.3) is 0 Å². The van der Waals surface area contributed by atoms with Gasteiger partial charge in [-0.3, -0.25) is 9.63 Å². The van der Waals surface area contributed by atoms with Crippen molar-refractivity contribution >= 4 is 35.5 Å². The van der Waals surface area contributed by atoms with Crippen molar-refractivity contribution in [3.63, 3.8) is 0 Å². The maximum atomic E-state index is 10.7. The predicted octanol–water partition coefficient (Wildman–Crippen LogP) is -0.575. The first-order valence-electron chi connectivity index (χ1n) is 2.55. The van der Waals surface area contributed by atoms with Crippen molar-refractivity contribution in [1.29, 1.82) is 0 Å². The number of carbonyl (C=O) groups excluding carboxylic acids is 1. The van der Waals surface area contributed by atoms with E-state index in [1.165, 1.54) is 0 Å². The average Bonchev–Trinajstić information content (AvgIpc) is 1.86. The summed E-state index contributed by atoms with van der Waals surface area (Å²) in [5.41, 5.74) is 1.95. The third-order valence-electron chi connectivity index (χ3n) is 1.21. The molecule has 1 heterocycles. The second kappa shape index (κ2) is 3.01. The van der Waals surface area contributed by atoms with Crippen LogP contribution in [-0.4, -0.2) is 42.1 Å². The summed E-state index contributed by atoms with van der Waals surface area (Å²) >= 11 is 0. The van der Waals surface area contributed by atoms with E-state index in [0.717, 1.165) is 0 Å². The molecular formula is C5H10NNaO2. The molecule has 0 atom stereocenters. The molecule has 1 aliphatic heterocycles. The second-order valence-electron chi connectivity index (χ2n) is 2.60. The van der Waals surface area contributed by atoms with Gasteiger partial charge in [0, 0.05) is 0 Å². The molecule has 0 aromatic carbocycles. The van der Waals surface area contributed by atoms with Crippen LogP contribution in [0.5, 0.6) is 0 Å². The van der Waals surface area contributed by atoms with Gasteiger partial charge in [0.2, 0.25) is 0 Å². The van der Waals surface area contributed by atoms with Crippen LogP contribution in [0.3, 0.4) is 0 Å². The minimum atomic E-state index is -0.319. The number of hydrogen-bond acceptors (Lipinski definition) is 2. The molecule has 9 heavy (non-hydrogen) atoms. The first kappa shape index (κ1) is 9.43. The van der Waals surface area contributed by atoms with Gasteiger partial charge in [0.25, 0.3) is 5.91 Å². The Kier molecular flexibility index (Phi) is 3.16. The minimum absolute atomic E-state index is 0. The SMILES string of the molecule is CC1(C)CONC1=O.[NaH]. The maximum absolute atomic E-state index is 10.7. The molecule has 0 aromatic heterocycles. The summed E-state index contributed by atoms with van der Waals surface area (Å²) in [7, 11) is 0. The molecule has 0 bridgehead atoms. The number of rotatable bonds is 0. The molecule has 0 spiro atoms. The molecule has 0 aromatic rings. The summed E-state index contributed by atoms with van der Waals surface area (Å²) < 4.78 is 0. The molecule has 0 unspecified atom stereocenters. The van der Waals surface area contributed by atoms with E-state index in [1.54, 1.807) is 0 Å². The monoisotopic (exact) mass is 139 g/mol. The molecule has 48 valence electrons. The summed E-state index contributed by atoms with van der Waals surface area (Å²) in [5.74, 6) is -0.0301. The molecule has 1 rings (SSSR count). The first-order chi connectivity index (χ1) is 3.63. The van der Waals surface area contributed by atoms with E-state index in [-0.39, 0.29) is 40.9 Å². The number of nitrogens with one attached hydrogen (secondary N) is 1. The molecule has 0 aliphatic carbocycles. The van der Waals surface area contributed by atoms with Gasteiger partial charge in [-0.05, 0) is 13.8 Å². The molecule has 1 amide bonds. The van der Waals surface area contributed by atoms with Gasteiger partial charge in [-0.1, -0.05) is 0 Å². The fourth-order valence-corrected chi connectivity index (χ4v) is 0.486. The zero-order chi connectivity index (χ0) is 6.20. The molecule has 3 nitrogen and oxygen atoms in total. The molecular weight excluding hydrogens is 129 g/mol. The standard InChI is InChI=1S/C5H9NO2.Na.H/c1-5(2)3-8-6-4(5)7;;/h3H2,1-2H3,(H,6,7);;. The van der Waals surface area contributed by atoms with Crippen LogP contribution in [0.2, 0.25) is 0 Å². The number of carbonyl (C=O) groups is 1. The quantitative estimate of drug-likeness (QED) is 0.456. The van der Waals surface area contributed by atoms with Gasteiger partial charge in [-0.2, -0.15) is 0 Å². The molecule has 1 N–H and O–H groups in total. The van der Waals surface area contributed by atoms with E-state index < -0.39 is 0 Å². The summed E-state index contributed by atoms with van der Waals surface area (Å²) in [6.07, 6.45) is 0. The third-order valence-corrected chi connectivity index (χ3v) is 1.21. The van der Waals surface area contributed by atoms with Crippen LogP contribution >= 0.6 is 0 Å². The molecule has 1 fully saturated rings. The normalized spacial score (nSPS) is 22.7. The van der Waals surface area contributed by atoms with E-state index in [1.807, 2.05) is 13.8 Å². The number of amides is 1. The first-order valence-corrected chi connectivity index (χ1v) is 2.55. The van der Waals surface area contributed by atoms with Crippen LogP contribution in [0, 0.1) is 5.41 Å². The van der Waals surface area contributed by atoms with Crippen molar-refractivity contribution in [2.24, 2.45) is 5.41 Å². The summed E-state index contributed by atoms with van der Waals surface area (Å²) in [5, 5.41) is 0. The topological polar surface area (TPSA) is 38.3 Å². The second-order valence-corrected chi connectivity index (χ2v) is 2.60. The fourth-order valence-electron chi connectivity index (χ4n) is 0.486. The Morgan fingerprint density at radius 1 is 1.67 bits per heavy atom. The summed E-state index contributed by atoms with van der Waals surface area (Å²) in [6.45, 7) is 4.16. The Morgan fingerprint density at radius 2 is 2.22 bits per heavy atom. The molecule has 1 saturated heterocycles. The van der Waals surface area contributed by atoms with Crippen LogP contribution in [0.4, 0.5) is 0 Å². The van der Waals surface area contributed by atoms with Crippen molar-refractivity contribution in [2.45, 2.75) is 13.8 Å². The van der Waals surface area contributed by atoms with E-state index in [9.17, 15) is 4.79 Å². The van der Waals surface area contributed by atoms with E-state index in [0.29, 0.717) is 6.61 Å². The average molecular weight is 139 g/mol. The van der Waals surface area contributed by atoms with Crippen molar-refractivity contribution < 1.29 is 9.63 Å². The van der Waals surface area contributed by atoms with Crippen LogP contribution in [0.15, 0.2) is 0 Å². The van der Waals surface area contributed by atoms with E-state index in [2.05, 4.69) is 10.3 Å². The molecule has 0 radical (unpaired) electrons. The van der Waals surface area contributed by atoms with Gasteiger partial charge in [0.15, 0.2) is 0 Å². The van der Waals surface area contributed by atoms with E-state index in [4.69, 9.17) is 0 Å². The number of hydrogen-bond donors (Lipinski definition) is 1. The number of hydroxylamine groups is 1. The zero-order valence-corrected chi connectivity index (χ0v) is 5.02. The summed E-state index contributed by atoms with van der Waals surface area (Å²) in [4.78, 5) is 15.3. The Labute approximate surface area is 76.4 Å². The Balaban J connectivity index is 0.000000640. The summed E-state index contributed by atoms with van der Waals surface area (Å²) in [6, 6.07) is 0. The van der Waals surface area contributed by atoms with Gasteiger partial charge in [-0.15, -0.1) is 0 Å². The van der Waals surface area contributed by atoms with Crippen LogP contribution in [0.1, 0.15) is 13.8 Å². The fraction of sp³-hybridized carbons (Fsp3) is 0.800. The van der Waals surface area contributed by atoms with Gasteiger partial charge in [0.1, 0.15) is 0 Å². The van der Waals surface area contributed by atoms with Crippen molar-refractivity contribution in [2.75, 3.05) is 6.61 Å². The van der Waals surface area contributed by atoms with Gasteiger partial charge >= 0.3 is 29.6 Å². The van der Waals surface area contributed by atoms with Gasteiger partial charge in [-0.25, -0.2) is 5.48 Å². The van der Waals surface area contributed by atoms with E-state index >= 15 is 0 Å². The Morgan fingerprint density at radius 3 is 2.33 bits per heavy atom. The predicted molar refractivity (Wildman–Crippen MR) is 35.0 cm³/mol. The third kappa shape index (κ3) is 1.93. The van der Waals surface area contributed by atoms with Crippen LogP contribution < -0.4 is 5.48 Å². The van der Waals surface area contributed by atoms with Crippen molar-refractivity contribution in [3.05, 3.63) is 0 Å². The zero-order valence-electron chi connectivity index (χ0n) is 5.02. The van der Waals surface area contributed by atoms with Gasteiger partial charge in [0.05, 0.1) is 12.0 Å². The van der Waals surface area contributed by atoms with Gasteiger partial charge < -0.3 is 0 Å². The molecule has 4 heteroatoms. The molecule has 0 saturated carbocycles. The van der Waals surface area contributed by atoms with Crippen molar-refractivity contribution in [3.8, 4) is 0 Å². The van der Waals surface area contributed by atoms with Crippen molar-refractivity contribution in [1.82, 2.24) is 5.48 Å². The Hall–Kier alpha value is 0.430. The van der Waals surface area contributed by atoms with Crippen LogP contribution in [-0.2, 0) is 9.63 Å². The Bertz CT molecular complexity index is 124.